The molecule has 9 aromatic rings. The summed E-state index contributed by atoms with van der Waals surface area (Å²) in [6.45, 7) is 6.89. The van der Waals surface area contributed by atoms with Gasteiger partial charge in [0.05, 0.1) is 22.4 Å². The quantitative estimate of drug-likeness (QED) is 0.132. The Morgan fingerprint density at radius 2 is 1.04 bits per heavy atom. The second-order valence-electron chi connectivity index (χ2n) is 15.0. The van der Waals surface area contributed by atoms with Crippen molar-refractivity contribution in [3.8, 4) is 22.5 Å². The van der Waals surface area contributed by atoms with Crippen LogP contribution in [0.1, 0.15) is 41.2 Å². The summed E-state index contributed by atoms with van der Waals surface area (Å²) in [4.78, 5) is 19.6. The number of aryl methyl sites for hydroxylation is 2. The van der Waals surface area contributed by atoms with Crippen molar-refractivity contribution >= 4 is 54.5 Å². The Balaban J connectivity index is 1.29. The van der Waals surface area contributed by atoms with E-state index in [0.717, 1.165) is 56.3 Å². The molecule has 4 heterocycles. The van der Waals surface area contributed by atoms with Gasteiger partial charge < -0.3 is 0 Å². The predicted molar refractivity (Wildman–Crippen MR) is 229 cm³/mol. The third kappa shape index (κ3) is 5.44. The third-order valence-electron chi connectivity index (χ3n) is 11.6. The Kier molecular flexibility index (Phi) is 7.74. The van der Waals surface area contributed by atoms with Crippen molar-refractivity contribution in [3.05, 3.63) is 192 Å². The number of benzene rings is 5. The number of hydrogen-bond donors (Lipinski definition) is 0. The van der Waals surface area contributed by atoms with Crippen LogP contribution < -0.4 is 0 Å². The summed E-state index contributed by atoms with van der Waals surface area (Å²) >= 11 is 0. The zero-order valence-electron chi connectivity index (χ0n) is 31.1. The van der Waals surface area contributed by atoms with E-state index in [4.69, 9.17) is 9.97 Å². The van der Waals surface area contributed by atoms with E-state index in [-0.39, 0.29) is 5.41 Å². The molecular formula is C51H38N4. The van der Waals surface area contributed by atoms with E-state index in [2.05, 4.69) is 170 Å². The van der Waals surface area contributed by atoms with Gasteiger partial charge in [-0.25, -0.2) is 9.97 Å². The molecule has 0 amide bonds. The van der Waals surface area contributed by atoms with E-state index in [0.29, 0.717) is 0 Å². The van der Waals surface area contributed by atoms with E-state index >= 15 is 0 Å². The van der Waals surface area contributed by atoms with E-state index in [1.54, 1.807) is 0 Å². The van der Waals surface area contributed by atoms with Gasteiger partial charge in [0.2, 0.25) is 0 Å². The number of aromatic nitrogens is 4. The average Bonchev–Trinajstić information content (AvgIpc) is 3.25. The highest BCUT2D eigenvalue weighted by molar-refractivity contribution is 6.25. The van der Waals surface area contributed by atoms with Gasteiger partial charge in [-0.05, 0) is 106 Å². The van der Waals surface area contributed by atoms with Crippen molar-refractivity contribution in [3.63, 3.8) is 0 Å². The Bertz CT molecular complexity index is 3010. The lowest BCUT2D eigenvalue weighted by molar-refractivity contribution is 0.610. The van der Waals surface area contributed by atoms with Gasteiger partial charge in [-0.15, -0.1) is 0 Å². The predicted octanol–water partition coefficient (Wildman–Crippen LogP) is 12.7. The summed E-state index contributed by atoms with van der Waals surface area (Å²) in [5.41, 5.74) is 14.4. The van der Waals surface area contributed by atoms with Crippen LogP contribution in [0.3, 0.4) is 0 Å². The summed E-state index contributed by atoms with van der Waals surface area (Å²) in [5, 5.41) is 7.14. The van der Waals surface area contributed by atoms with Crippen molar-refractivity contribution in [2.75, 3.05) is 0 Å². The van der Waals surface area contributed by atoms with Gasteiger partial charge in [-0.3, -0.25) is 9.97 Å². The number of hydrogen-bond acceptors (Lipinski definition) is 4. The van der Waals surface area contributed by atoms with Crippen LogP contribution in [0.25, 0.3) is 77.0 Å². The van der Waals surface area contributed by atoms with Crippen molar-refractivity contribution in [2.24, 2.45) is 0 Å². The zero-order valence-corrected chi connectivity index (χ0v) is 31.1. The SMILES string of the molecule is Cc1c2c(-c3ccccc3)nc3cc(C4=CC(C)(c5ccncc5)CC(c5ccncc5)=C4)ccc3c2c(C)c2c(-c3ccccc3)nc3ccccc3c12. The molecule has 0 spiro atoms. The second kappa shape index (κ2) is 13.0. The summed E-state index contributed by atoms with van der Waals surface area (Å²) in [7, 11) is 0. The van der Waals surface area contributed by atoms with E-state index in [1.165, 1.54) is 54.9 Å². The highest BCUT2D eigenvalue weighted by atomic mass is 14.7. The molecule has 55 heavy (non-hydrogen) atoms. The normalized spacial score (nSPS) is 15.8. The number of rotatable bonds is 5. The average molecular weight is 707 g/mol. The summed E-state index contributed by atoms with van der Waals surface area (Å²) in [5.74, 6) is 0. The molecule has 0 radical (unpaired) electrons. The van der Waals surface area contributed by atoms with Crippen LogP contribution in [0.5, 0.6) is 0 Å². The maximum atomic E-state index is 5.59. The molecular weight excluding hydrogens is 669 g/mol. The number of allylic oxidation sites excluding steroid dienone is 4. The fraction of sp³-hybridized carbons (Fsp3) is 0.0980. The fourth-order valence-corrected chi connectivity index (χ4v) is 8.93. The Morgan fingerprint density at radius 3 is 1.67 bits per heavy atom. The molecule has 5 aromatic carbocycles. The first-order valence-corrected chi connectivity index (χ1v) is 18.9. The molecule has 0 N–H and O–H groups in total. The summed E-state index contributed by atoms with van der Waals surface area (Å²) in [6.07, 6.45) is 13.2. The Morgan fingerprint density at radius 1 is 0.491 bits per heavy atom. The molecule has 0 aliphatic heterocycles. The number of pyridine rings is 4. The molecule has 0 fully saturated rings. The van der Waals surface area contributed by atoms with E-state index < -0.39 is 0 Å². The lowest BCUT2D eigenvalue weighted by Crippen LogP contribution is -2.22. The molecule has 0 saturated carbocycles. The molecule has 1 unspecified atom stereocenters. The van der Waals surface area contributed by atoms with Crippen LogP contribution >= 0.6 is 0 Å². The molecule has 0 saturated heterocycles. The lowest BCUT2D eigenvalue weighted by atomic mass is 9.71. The number of para-hydroxylation sites is 1. The molecule has 1 aliphatic rings. The minimum atomic E-state index is -0.233. The molecule has 1 atom stereocenters. The number of fused-ring (bicyclic) bond motifs is 6. The first kappa shape index (κ1) is 32.8. The maximum Gasteiger partial charge on any atom is 0.0791 e. The first-order valence-electron chi connectivity index (χ1n) is 18.9. The monoisotopic (exact) mass is 706 g/mol. The van der Waals surface area contributed by atoms with Gasteiger partial charge in [-0.1, -0.05) is 110 Å². The maximum absolute atomic E-state index is 5.59. The standard InChI is InChI=1S/C51H38N4/c1-32-45-41-16-10-11-17-43(41)54-49(35-12-6-4-7-13-35)47(45)33(2)46-42-19-18-37(29-44(42)55-50(48(32)46)36-14-8-5-9-15-36)39-28-38(34-20-24-52-25-21-34)30-51(3,31-39)40-22-26-53-27-23-40/h4-29,31H,30H2,1-3H3. The van der Waals surface area contributed by atoms with Crippen molar-refractivity contribution in [1.82, 2.24) is 19.9 Å². The van der Waals surface area contributed by atoms with Crippen LogP contribution in [0.4, 0.5) is 0 Å². The molecule has 10 rings (SSSR count). The Hall–Kier alpha value is -6.78. The van der Waals surface area contributed by atoms with E-state index in [1.807, 2.05) is 24.8 Å². The number of nitrogens with zero attached hydrogens (tertiary/aromatic N) is 4. The lowest BCUT2D eigenvalue weighted by Gasteiger charge is -2.33. The van der Waals surface area contributed by atoms with Gasteiger partial charge in [0.15, 0.2) is 0 Å². The minimum Gasteiger partial charge on any atom is -0.265 e. The molecule has 4 heteroatoms. The van der Waals surface area contributed by atoms with Crippen molar-refractivity contribution in [1.29, 1.82) is 0 Å². The fourth-order valence-electron chi connectivity index (χ4n) is 8.93. The topological polar surface area (TPSA) is 51.6 Å². The van der Waals surface area contributed by atoms with Crippen molar-refractivity contribution in [2.45, 2.75) is 32.6 Å². The molecule has 4 nitrogen and oxygen atoms in total. The van der Waals surface area contributed by atoms with Gasteiger partial charge in [0.1, 0.15) is 0 Å². The highest BCUT2D eigenvalue weighted by Gasteiger charge is 2.30. The molecule has 1 aliphatic carbocycles. The van der Waals surface area contributed by atoms with Crippen LogP contribution in [-0.4, -0.2) is 19.9 Å². The summed E-state index contributed by atoms with van der Waals surface area (Å²) < 4.78 is 0. The second-order valence-corrected chi connectivity index (χ2v) is 15.0. The highest BCUT2D eigenvalue weighted by Crippen LogP contribution is 2.47. The third-order valence-corrected chi connectivity index (χ3v) is 11.6. The van der Waals surface area contributed by atoms with Gasteiger partial charge in [0, 0.05) is 62.9 Å². The van der Waals surface area contributed by atoms with Gasteiger partial charge in [0.25, 0.3) is 0 Å². The van der Waals surface area contributed by atoms with Crippen molar-refractivity contribution < 1.29 is 0 Å². The first-order chi connectivity index (χ1) is 27.0. The van der Waals surface area contributed by atoms with Gasteiger partial charge in [-0.2, -0.15) is 0 Å². The van der Waals surface area contributed by atoms with E-state index in [9.17, 15) is 0 Å². The van der Waals surface area contributed by atoms with Crippen LogP contribution in [0.2, 0.25) is 0 Å². The minimum absolute atomic E-state index is 0.233. The molecule has 4 aromatic heterocycles. The largest absolute Gasteiger partial charge is 0.265 e. The van der Waals surface area contributed by atoms with Gasteiger partial charge >= 0.3 is 0 Å². The molecule has 262 valence electrons. The van der Waals surface area contributed by atoms with Crippen LogP contribution in [0.15, 0.2) is 164 Å². The van der Waals surface area contributed by atoms with Crippen LogP contribution in [-0.2, 0) is 5.41 Å². The summed E-state index contributed by atoms with van der Waals surface area (Å²) in [6, 6.07) is 45.2. The smallest absolute Gasteiger partial charge is 0.0791 e. The van der Waals surface area contributed by atoms with Crippen LogP contribution in [0, 0.1) is 13.8 Å². The Labute approximate surface area is 320 Å². The zero-order chi connectivity index (χ0) is 37.1. The molecule has 0 bridgehead atoms.